The van der Waals surface area contributed by atoms with Crippen molar-refractivity contribution < 1.29 is 4.79 Å². The fourth-order valence-corrected chi connectivity index (χ4v) is 0.664. The second kappa shape index (κ2) is 4.93. The van der Waals surface area contributed by atoms with E-state index in [1.807, 2.05) is 19.1 Å². The minimum atomic E-state index is -0.768. The van der Waals surface area contributed by atoms with Crippen LogP contribution in [0.5, 0.6) is 0 Å². The van der Waals surface area contributed by atoms with E-state index in [0.29, 0.717) is 6.54 Å². The molecule has 0 aromatic heterocycles. The van der Waals surface area contributed by atoms with Crippen LogP contribution in [0.1, 0.15) is 27.2 Å². The standard InChI is InChI=1S/C9H18N2O/c1-4-5-6-7-11-8(12)9(2,3)10/h4-5H,6-7,10H2,1-3H3,(H,11,12)/b5-4+. The molecule has 0 spiro atoms. The molecule has 0 saturated carbocycles. The molecule has 0 unspecified atom stereocenters. The molecule has 0 fully saturated rings. The average Bonchev–Trinajstić information content (AvgIpc) is 1.96. The summed E-state index contributed by atoms with van der Waals surface area (Å²) in [4.78, 5) is 11.2. The van der Waals surface area contributed by atoms with Gasteiger partial charge in [-0.15, -0.1) is 0 Å². The van der Waals surface area contributed by atoms with Crippen molar-refractivity contribution in [3.05, 3.63) is 12.2 Å². The van der Waals surface area contributed by atoms with Gasteiger partial charge in [0.25, 0.3) is 0 Å². The Hall–Kier alpha value is -0.830. The molecule has 0 aliphatic carbocycles. The molecule has 0 saturated heterocycles. The van der Waals surface area contributed by atoms with Gasteiger partial charge in [0.15, 0.2) is 0 Å². The number of rotatable bonds is 4. The molecule has 0 aromatic rings. The predicted molar refractivity (Wildman–Crippen MR) is 50.7 cm³/mol. The minimum absolute atomic E-state index is 0.105. The molecule has 0 bridgehead atoms. The van der Waals surface area contributed by atoms with Crippen LogP contribution in [-0.2, 0) is 4.79 Å². The van der Waals surface area contributed by atoms with E-state index in [9.17, 15) is 4.79 Å². The molecule has 0 aliphatic heterocycles. The van der Waals surface area contributed by atoms with Gasteiger partial charge >= 0.3 is 0 Å². The number of nitrogens with one attached hydrogen (secondary N) is 1. The molecule has 0 aromatic carbocycles. The lowest BCUT2D eigenvalue weighted by molar-refractivity contribution is -0.125. The summed E-state index contributed by atoms with van der Waals surface area (Å²) in [6.07, 6.45) is 4.82. The van der Waals surface area contributed by atoms with Crippen molar-refractivity contribution in [3.8, 4) is 0 Å². The summed E-state index contributed by atoms with van der Waals surface area (Å²) in [7, 11) is 0. The van der Waals surface area contributed by atoms with E-state index in [1.165, 1.54) is 0 Å². The van der Waals surface area contributed by atoms with Crippen LogP contribution < -0.4 is 11.1 Å². The molecule has 0 heterocycles. The topological polar surface area (TPSA) is 55.1 Å². The van der Waals surface area contributed by atoms with Gasteiger partial charge in [0, 0.05) is 6.54 Å². The summed E-state index contributed by atoms with van der Waals surface area (Å²) < 4.78 is 0. The molecular formula is C9H18N2O. The third-order valence-corrected chi connectivity index (χ3v) is 1.42. The lowest BCUT2D eigenvalue weighted by Gasteiger charge is -2.17. The molecule has 0 rings (SSSR count). The zero-order chi connectivity index (χ0) is 9.61. The van der Waals surface area contributed by atoms with Gasteiger partial charge < -0.3 is 11.1 Å². The predicted octanol–water partition coefficient (Wildman–Crippen LogP) is 0.806. The maximum absolute atomic E-state index is 11.2. The summed E-state index contributed by atoms with van der Waals surface area (Å²) in [5.74, 6) is -0.105. The Morgan fingerprint density at radius 1 is 1.58 bits per heavy atom. The monoisotopic (exact) mass is 170 g/mol. The fraction of sp³-hybridized carbons (Fsp3) is 0.667. The number of amides is 1. The molecule has 0 radical (unpaired) electrons. The minimum Gasteiger partial charge on any atom is -0.354 e. The van der Waals surface area contributed by atoms with Gasteiger partial charge in [0.2, 0.25) is 5.91 Å². The molecule has 3 nitrogen and oxygen atoms in total. The van der Waals surface area contributed by atoms with Crippen LogP contribution in [-0.4, -0.2) is 18.0 Å². The highest BCUT2D eigenvalue weighted by Gasteiger charge is 2.20. The van der Waals surface area contributed by atoms with Gasteiger partial charge in [-0.3, -0.25) is 4.79 Å². The molecule has 1 amide bonds. The van der Waals surface area contributed by atoms with E-state index in [1.54, 1.807) is 13.8 Å². The maximum atomic E-state index is 11.2. The van der Waals surface area contributed by atoms with Crippen molar-refractivity contribution in [1.29, 1.82) is 0 Å². The quantitative estimate of drug-likeness (QED) is 0.484. The molecule has 3 heteroatoms. The Bertz CT molecular complexity index is 168. The van der Waals surface area contributed by atoms with Crippen molar-refractivity contribution in [2.75, 3.05) is 6.54 Å². The Morgan fingerprint density at radius 2 is 2.17 bits per heavy atom. The summed E-state index contributed by atoms with van der Waals surface area (Å²) in [6, 6.07) is 0. The third kappa shape index (κ3) is 4.91. The summed E-state index contributed by atoms with van der Waals surface area (Å²) in [6.45, 7) is 5.99. The van der Waals surface area contributed by atoms with E-state index >= 15 is 0 Å². The largest absolute Gasteiger partial charge is 0.354 e. The number of allylic oxidation sites excluding steroid dienone is 1. The fourth-order valence-electron chi connectivity index (χ4n) is 0.664. The van der Waals surface area contributed by atoms with Crippen LogP contribution in [0.25, 0.3) is 0 Å². The number of hydrogen-bond donors (Lipinski definition) is 2. The SMILES string of the molecule is C/C=C/CCNC(=O)C(C)(C)N. The maximum Gasteiger partial charge on any atom is 0.239 e. The van der Waals surface area contributed by atoms with E-state index in [0.717, 1.165) is 6.42 Å². The van der Waals surface area contributed by atoms with Crippen LogP contribution in [0.15, 0.2) is 12.2 Å². The molecule has 0 aliphatic rings. The smallest absolute Gasteiger partial charge is 0.239 e. The number of carbonyl (C=O) groups is 1. The highest BCUT2D eigenvalue weighted by Crippen LogP contribution is 1.95. The first-order valence-corrected chi connectivity index (χ1v) is 4.17. The number of nitrogens with two attached hydrogens (primary N) is 1. The van der Waals surface area contributed by atoms with E-state index in [-0.39, 0.29) is 5.91 Å². The molecule has 3 N–H and O–H groups in total. The van der Waals surface area contributed by atoms with Crippen molar-refractivity contribution in [1.82, 2.24) is 5.32 Å². The first-order chi connectivity index (χ1) is 5.48. The Labute approximate surface area is 74.0 Å². The van der Waals surface area contributed by atoms with Crippen LogP contribution in [0, 0.1) is 0 Å². The Morgan fingerprint density at radius 3 is 2.58 bits per heavy atom. The van der Waals surface area contributed by atoms with Crippen molar-refractivity contribution in [2.45, 2.75) is 32.7 Å². The third-order valence-electron chi connectivity index (χ3n) is 1.42. The second-order valence-electron chi connectivity index (χ2n) is 3.34. The average molecular weight is 170 g/mol. The number of carbonyl (C=O) groups excluding carboxylic acids is 1. The van der Waals surface area contributed by atoms with Crippen molar-refractivity contribution >= 4 is 5.91 Å². The zero-order valence-corrected chi connectivity index (χ0v) is 8.05. The van der Waals surface area contributed by atoms with E-state index in [4.69, 9.17) is 5.73 Å². The van der Waals surface area contributed by atoms with Crippen LogP contribution in [0.4, 0.5) is 0 Å². The van der Waals surface area contributed by atoms with Gasteiger partial charge in [-0.25, -0.2) is 0 Å². The lowest BCUT2D eigenvalue weighted by Crippen LogP contribution is -2.49. The highest BCUT2D eigenvalue weighted by atomic mass is 16.2. The van der Waals surface area contributed by atoms with Crippen LogP contribution >= 0.6 is 0 Å². The van der Waals surface area contributed by atoms with Gasteiger partial charge in [0.05, 0.1) is 5.54 Å². The normalized spacial score (nSPS) is 12.0. The second-order valence-corrected chi connectivity index (χ2v) is 3.34. The van der Waals surface area contributed by atoms with Crippen LogP contribution in [0.3, 0.4) is 0 Å². The molecule has 0 atom stereocenters. The first-order valence-electron chi connectivity index (χ1n) is 4.17. The van der Waals surface area contributed by atoms with Gasteiger partial charge in [-0.05, 0) is 27.2 Å². The van der Waals surface area contributed by atoms with Crippen molar-refractivity contribution in [2.24, 2.45) is 5.73 Å². The molecular weight excluding hydrogens is 152 g/mol. The highest BCUT2D eigenvalue weighted by molar-refractivity contribution is 5.84. The molecule has 70 valence electrons. The summed E-state index contributed by atoms with van der Waals surface area (Å²) in [5, 5.41) is 2.74. The Kier molecular flexibility index (Phi) is 4.59. The summed E-state index contributed by atoms with van der Waals surface area (Å²) >= 11 is 0. The molecule has 12 heavy (non-hydrogen) atoms. The summed E-state index contributed by atoms with van der Waals surface area (Å²) in [5.41, 5.74) is 4.80. The van der Waals surface area contributed by atoms with E-state index < -0.39 is 5.54 Å². The van der Waals surface area contributed by atoms with Gasteiger partial charge in [-0.1, -0.05) is 12.2 Å². The van der Waals surface area contributed by atoms with Gasteiger partial charge in [0.1, 0.15) is 0 Å². The van der Waals surface area contributed by atoms with E-state index in [2.05, 4.69) is 5.32 Å². The number of hydrogen-bond acceptors (Lipinski definition) is 2. The van der Waals surface area contributed by atoms with Crippen LogP contribution in [0.2, 0.25) is 0 Å². The first kappa shape index (κ1) is 11.2. The zero-order valence-electron chi connectivity index (χ0n) is 8.05. The van der Waals surface area contributed by atoms with Gasteiger partial charge in [-0.2, -0.15) is 0 Å². The lowest BCUT2D eigenvalue weighted by atomic mass is 10.1. The Balaban J connectivity index is 3.59. The van der Waals surface area contributed by atoms with Crippen molar-refractivity contribution in [3.63, 3.8) is 0 Å².